The summed E-state index contributed by atoms with van der Waals surface area (Å²) in [5.74, 6) is -1.75. The maximum absolute atomic E-state index is 13.9. The summed E-state index contributed by atoms with van der Waals surface area (Å²) in [4.78, 5) is 0. The fourth-order valence-electron chi connectivity index (χ4n) is 1.82. The van der Waals surface area contributed by atoms with E-state index < -0.39 is 23.4 Å². The molecule has 2 atom stereocenters. The van der Waals surface area contributed by atoms with Gasteiger partial charge in [0.2, 0.25) is 0 Å². The van der Waals surface area contributed by atoms with Crippen LogP contribution in [0, 0.1) is 5.82 Å². The number of hydrogen-bond acceptors (Lipinski definition) is 2. The van der Waals surface area contributed by atoms with Crippen LogP contribution in [0.2, 0.25) is 0 Å². The summed E-state index contributed by atoms with van der Waals surface area (Å²) >= 11 is 0. The van der Waals surface area contributed by atoms with Gasteiger partial charge in [-0.1, -0.05) is 18.2 Å². The summed E-state index contributed by atoms with van der Waals surface area (Å²) in [5, 5.41) is 0. The van der Waals surface area contributed by atoms with E-state index in [1.807, 2.05) is 0 Å². The minimum atomic E-state index is -2.14. The van der Waals surface area contributed by atoms with Crippen LogP contribution in [-0.4, -0.2) is 6.17 Å². The molecular formula is C12H11F3N2. The monoisotopic (exact) mass is 240 g/mol. The number of alkyl halides is 1. The van der Waals surface area contributed by atoms with Crippen molar-refractivity contribution in [3.8, 4) is 0 Å². The first-order chi connectivity index (χ1) is 7.96. The molecule has 1 aromatic rings. The Morgan fingerprint density at radius 2 is 1.82 bits per heavy atom. The van der Waals surface area contributed by atoms with Gasteiger partial charge in [-0.25, -0.2) is 13.2 Å². The van der Waals surface area contributed by atoms with Gasteiger partial charge in [-0.15, -0.1) is 0 Å². The number of rotatable bonds is 1. The summed E-state index contributed by atoms with van der Waals surface area (Å²) < 4.78 is 41.2. The first-order valence-electron chi connectivity index (χ1n) is 4.99. The van der Waals surface area contributed by atoms with E-state index in [1.54, 1.807) is 0 Å². The van der Waals surface area contributed by atoms with E-state index in [9.17, 15) is 13.2 Å². The van der Waals surface area contributed by atoms with Crippen molar-refractivity contribution >= 4 is 0 Å². The highest BCUT2D eigenvalue weighted by molar-refractivity contribution is 5.43. The highest BCUT2D eigenvalue weighted by Gasteiger charge is 2.44. The summed E-state index contributed by atoms with van der Waals surface area (Å²) in [7, 11) is 0. The van der Waals surface area contributed by atoms with Gasteiger partial charge in [0.1, 0.15) is 23.4 Å². The van der Waals surface area contributed by atoms with Crippen LogP contribution in [-0.2, 0) is 5.54 Å². The molecule has 2 nitrogen and oxygen atoms in total. The molecule has 0 radical (unpaired) electrons. The smallest absolute Gasteiger partial charge is 0.149 e. The fourth-order valence-corrected chi connectivity index (χ4v) is 1.82. The maximum Gasteiger partial charge on any atom is 0.149 e. The maximum atomic E-state index is 13.9. The second-order valence-electron chi connectivity index (χ2n) is 3.91. The largest absolute Gasteiger partial charge is 0.399 e. The molecule has 0 heterocycles. The Labute approximate surface area is 96.4 Å². The van der Waals surface area contributed by atoms with Crippen LogP contribution in [0.5, 0.6) is 0 Å². The van der Waals surface area contributed by atoms with Crippen molar-refractivity contribution in [3.63, 3.8) is 0 Å². The molecule has 0 saturated carbocycles. The molecule has 0 bridgehead atoms. The predicted molar refractivity (Wildman–Crippen MR) is 58.6 cm³/mol. The molecule has 2 unspecified atom stereocenters. The Hall–Kier alpha value is -1.75. The Morgan fingerprint density at radius 3 is 2.41 bits per heavy atom. The van der Waals surface area contributed by atoms with Crippen molar-refractivity contribution in [2.45, 2.75) is 11.7 Å². The van der Waals surface area contributed by atoms with E-state index in [2.05, 4.69) is 0 Å². The van der Waals surface area contributed by atoms with Crippen LogP contribution in [0.25, 0.3) is 0 Å². The lowest BCUT2D eigenvalue weighted by Crippen LogP contribution is -2.48. The zero-order valence-corrected chi connectivity index (χ0v) is 8.83. The van der Waals surface area contributed by atoms with Crippen molar-refractivity contribution in [1.82, 2.24) is 0 Å². The number of hydrogen-bond donors (Lipinski definition) is 2. The van der Waals surface area contributed by atoms with Gasteiger partial charge < -0.3 is 11.5 Å². The third-order valence-corrected chi connectivity index (χ3v) is 2.78. The SMILES string of the molecule is NC1=CC(F)C(N)(c2ccccc2F)C(F)=C1. The molecule has 0 saturated heterocycles. The summed E-state index contributed by atoms with van der Waals surface area (Å²) in [5.41, 5.74) is 8.54. The van der Waals surface area contributed by atoms with E-state index in [0.717, 1.165) is 18.2 Å². The molecule has 90 valence electrons. The molecule has 1 aliphatic carbocycles. The molecule has 1 aromatic carbocycles. The molecule has 4 N–H and O–H groups in total. The molecule has 0 aliphatic heterocycles. The van der Waals surface area contributed by atoms with Crippen molar-refractivity contribution in [2.24, 2.45) is 11.5 Å². The average Bonchev–Trinajstić information content (AvgIpc) is 2.26. The third-order valence-electron chi connectivity index (χ3n) is 2.78. The molecule has 0 amide bonds. The van der Waals surface area contributed by atoms with E-state index in [-0.39, 0.29) is 11.3 Å². The molecule has 0 aromatic heterocycles. The number of allylic oxidation sites excluding steroid dienone is 1. The van der Waals surface area contributed by atoms with Crippen LogP contribution in [0.4, 0.5) is 13.2 Å². The van der Waals surface area contributed by atoms with Crippen LogP contribution < -0.4 is 11.5 Å². The van der Waals surface area contributed by atoms with Crippen molar-refractivity contribution in [2.75, 3.05) is 0 Å². The lowest BCUT2D eigenvalue weighted by Gasteiger charge is -2.33. The zero-order valence-electron chi connectivity index (χ0n) is 8.83. The van der Waals surface area contributed by atoms with Crippen LogP contribution >= 0.6 is 0 Å². The van der Waals surface area contributed by atoms with Crippen molar-refractivity contribution in [3.05, 3.63) is 59.3 Å². The van der Waals surface area contributed by atoms with Gasteiger partial charge >= 0.3 is 0 Å². The summed E-state index contributed by atoms with van der Waals surface area (Å²) in [6.07, 6.45) is -0.0395. The standard InChI is InChI=1S/C12H11F3N2/c13-9-4-2-1-3-8(9)12(17)10(14)5-7(16)6-11(12)15/h1-6,10H,16-17H2. The first-order valence-corrected chi connectivity index (χ1v) is 4.99. The molecule has 0 fully saturated rings. The van der Waals surface area contributed by atoms with Gasteiger partial charge in [0.25, 0.3) is 0 Å². The summed E-state index contributed by atoms with van der Waals surface area (Å²) in [6.45, 7) is 0. The van der Waals surface area contributed by atoms with Gasteiger partial charge in [0, 0.05) is 11.3 Å². The number of benzene rings is 1. The number of nitrogens with two attached hydrogens (primary N) is 2. The van der Waals surface area contributed by atoms with Gasteiger partial charge in [-0.05, 0) is 18.2 Å². The second-order valence-corrected chi connectivity index (χ2v) is 3.91. The average molecular weight is 240 g/mol. The Balaban J connectivity index is 2.58. The Bertz CT molecular complexity index is 510. The first kappa shape index (κ1) is 11.7. The topological polar surface area (TPSA) is 52.0 Å². The molecule has 17 heavy (non-hydrogen) atoms. The molecule has 0 spiro atoms. The van der Waals surface area contributed by atoms with Crippen LogP contribution in [0.15, 0.2) is 47.9 Å². The Kier molecular flexibility index (Phi) is 2.71. The minimum absolute atomic E-state index is 0.0626. The lowest BCUT2D eigenvalue weighted by atomic mass is 9.81. The highest BCUT2D eigenvalue weighted by Crippen LogP contribution is 2.38. The van der Waals surface area contributed by atoms with Gasteiger partial charge in [0.15, 0.2) is 0 Å². The summed E-state index contributed by atoms with van der Waals surface area (Å²) in [6, 6.07) is 5.25. The van der Waals surface area contributed by atoms with Crippen LogP contribution in [0.1, 0.15) is 5.56 Å². The van der Waals surface area contributed by atoms with E-state index in [4.69, 9.17) is 11.5 Å². The fraction of sp³-hybridized carbons (Fsp3) is 0.167. The van der Waals surface area contributed by atoms with Crippen LogP contribution in [0.3, 0.4) is 0 Å². The zero-order chi connectivity index (χ0) is 12.6. The van der Waals surface area contributed by atoms with Crippen molar-refractivity contribution in [1.29, 1.82) is 0 Å². The predicted octanol–water partition coefficient (Wildman–Crippen LogP) is 2.03. The molecular weight excluding hydrogens is 229 g/mol. The molecule has 2 rings (SSSR count). The quantitative estimate of drug-likeness (QED) is 0.789. The Morgan fingerprint density at radius 1 is 1.18 bits per heavy atom. The highest BCUT2D eigenvalue weighted by atomic mass is 19.1. The molecule has 1 aliphatic rings. The van der Waals surface area contributed by atoms with Gasteiger partial charge in [0.05, 0.1) is 0 Å². The third kappa shape index (κ3) is 1.72. The van der Waals surface area contributed by atoms with Gasteiger partial charge in [-0.3, -0.25) is 0 Å². The normalized spacial score (nSPS) is 28.6. The molecule has 5 heteroatoms. The number of halogens is 3. The second kappa shape index (κ2) is 3.92. The van der Waals surface area contributed by atoms with E-state index in [1.165, 1.54) is 18.2 Å². The van der Waals surface area contributed by atoms with Gasteiger partial charge in [-0.2, -0.15) is 0 Å². The van der Waals surface area contributed by atoms with E-state index >= 15 is 0 Å². The minimum Gasteiger partial charge on any atom is -0.399 e. The van der Waals surface area contributed by atoms with Crippen molar-refractivity contribution < 1.29 is 13.2 Å². The lowest BCUT2D eigenvalue weighted by molar-refractivity contribution is 0.228. The van der Waals surface area contributed by atoms with E-state index in [0.29, 0.717) is 0 Å².